The number of para-hydroxylation sites is 1. The standard InChI is InChI=1S/C18H15Cl2N3O3/c1-23-14-5-3-2-4-12(14)15(18(23)26)22-17(25)16(24)21-9-10-6-7-11(19)8-13(10)20/h2-8,15H,9H2,1H3,(H,21,24)(H,22,25)/t15-/m1/s1. The Morgan fingerprint density at radius 2 is 1.85 bits per heavy atom. The molecule has 0 saturated carbocycles. The van der Waals surface area contributed by atoms with Gasteiger partial charge in [-0.25, -0.2) is 0 Å². The van der Waals surface area contributed by atoms with Gasteiger partial charge in [-0.05, 0) is 23.8 Å². The van der Waals surface area contributed by atoms with E-state index < -0.39 is 17.9 Å². The lowest BCUT2D eigenvalue weighted by Gasteiger charge is -2.13. The predicted octanol–water partition coefficient (Wildman–Crippen LogP) is 2.44. The van der Waals surface area contributed by atoms with Crippen LogP contribution in [0.15, 0.2) is 42.5 Å². The topological polar surface area (TPSA) is 78.5 Å². The molecule has 26 heavy (non-hydrogen) atoms. The number of anilines is 1. The summed E-state index contributed by atoms with van der Waals surface area (Å²) in [5.74, 6) is -2.04. The van der Waals surface area contributed by atoms with E-state index in [2.05, 4.69) is 10.6 Å². The Morgan fingerprint density at radius 3 is 2.58 bits per heavy atom. The minimum absolute atomic E-state index is 0.0668. The number of hydrogen-bond donors (Lipinski definition) is 2. The van der Waals surface area contributed by atoms with Crippen LogP contribution in [0.25, 0.3) is 0 Å². The van der Waals surface area contributed by atoms with Gasteiger partial charge in [-0.2, -0.15) is 0 Å². The van der Waals surface area contributed by atoms with Gasteiger partial charge in [-0.1, -0.05) is 47.5 Å². The molecule has 2 N–H and O–H groups in total. The Hall–Kier alpha value is -2.57. The van der Waals surface area contributed by atoms with Gasteiger partial charge in [0.05, 0.1) is 0 Å². The lowest BCUT2D eigenvalue weighted by atomic mass is 10.1. The number of carbonyl (C=O) groups excluding carboxylic acids is 3. The summed E-state index contributed by atoms with van der Waals surface area (Å²) in [7, 11) is 1.62. The van der Waals surface area contributed by atoms with Crippen LogP contribution in [0.1, 0.15) is 17.2 Å². The minimum atomic E-state index is -0.890. The molecule has 2 aromatic carbocycles. The Balaban J connectivity index is 1.65. The van der Waals surface area contributed by atoms with Gasteiger partial charge in [0.15, 0.2) is 0 Å². The highest BCUT2D eigenvalue weighted by atomic mass is 35.5. The molecule has 6 nitrogen and oxygen atoms in total. The number of benzene rings is 2. The first-order valence-electron chi connectivity index (χ1n) is 7.77. The lowest BCUT2D eigenvalue weighted by Crippen LogP contribution is -2.43. The summed E-state index contributed by atoms with van der Waals surface area (Å²) >= 11 is 11.9. The van der Waals surface area contributed by atoms with E-state index in [-0.39, 0.29) is 12.5 Å². The van der Waals surface area contributed by atoms with Gasteiger partial charge in [0.25, 0.3) is 5.91 Å². The molecule has 2 aromatic rings. The zero-order chi connectivity index (χ0) is 18.8. The molecule has 0 spiro atoms. The molecule has 1 aliphatic heterocycles. The molecule has 0 saturated heterocycles. The monoisotopic (exact) mass is 391 g/mol. The third-order valence-electron chi connectivity index (χ3n) is 4.12. The number of likely N-dealkylation sites (N-methyl/N-ethyl adjacent to an activating group) is 1. The van der Waals surface area contributed by atoms with E-state index in [0.717, 1.165) is 0 Å². The number of fused-ring (bicyclic) bond motifs is 1. The number of rotatable bonds is 3. The largest absolute Gasteiger partial charge is 0.344 e. The first-order valence-corrected chi connectivity index (χ1v) is 8.53. The molecule has 0 bridgehead atoms. The Labute approximate surface area is 160 Å². The number of carbonyl (C=O) groups is 3. The number of halogens is 2. The van der Waals surface area contributed by atoms with Crippen molar-refractivity contribution in [3.63, 3.8) is 0 Å². The van der Waals surface area contributed by atoms with Crippen LogP contribution in [-0.2, 0) is 20.9 Å². The third-order valence-corrected chi connectivity index (χ3v) is 4.71. The van der Waals surface area contributed by atoms with Crippen LogP contribution in [-0.4, -0.2) is 24.8 Å². The Morgan fingerprint density at radius 1 is 1.12 bits per heavy atom. The van der Waals surface area contributed by atoms with E-state index >= 15 is 0 Å². The second-order valence-corrected chi connectivity index (χ2v) is 6.62. The SMILES string of the molecule is CN1C(=O)[C@H](NC(=O)C(=O)NCc2ccc(Cl)cc2Cl)c2ccccc21. The van der Waals surface area contributed by atoms with Crippen LogP contribution >= 0.6 is 23.2 Å². The number of nitrogens with one attached hydrogen (secondary N) is 2. The number of nitrogens with zero attached hydrogens (tertiary/aromatic N) is 1. The van der Waals surface area contributed by atoms with Gasteiger partial charge in [-0.15, -0.1) is 0 Å². The smallest absolute Gasteiger partial charge is 0.310 e. The molecule has 1 aliphatic rings. The number of hydrogen-bond acceptors (Lipinski definition) is 3. The van der Waals surface area contributed by atoms with E-state index in [4.69, 9.17) is 23.2 Å². The Bertz CT molecular complexity index is 901. The fourth-order valence-electron chi connectivity index (χ4n) is 2.74. The second kappa shape index (κ2) is 7.35. The van der Waals surface area contributed by atoms with Gasteiger partial charge < -0.3 is 15.5 Å². The molecule has 0 unspecified atom stereocenters. The third kappa shape index (κ3) is 3.52. The average Bonchev–Trinajstić information content (AvgIpc) is 2.86. The Kier molecular flexibility index (Phi) is 5.15. The van der Waals surface area contributed by atoms with Gasteiger partial charge in [0.2, 0.25) is 0 Å². The van der Waals surface area contributed by atoms with Crippen molar-refractivity contribution < 1.29 is 14.4 Å². The predicted molar refractivity (Wildman–Crippen MR) is 99.0 cm³/mol. The molecule has 0 aliphatic carbocycles. The average molecular weight is 392 g/mol. The van der Waals surface area contributed by atoms with E-state index in [1.54, 1.807) is 49.5 Å². The highest BCUT2D eigenvalue weighted by Gasteiger charge is 2.36. The molecule has 3 amide bonds. The van der Waals surface area contributed by atoms with Gasteiger partial charge >= 0.3 is 11.8 Å². The zero-order valence-electron chi connectivity index (χ0n) is 13.8. The molecule has 0 radical (unpaired) electrons. The molecular weight excluding hydrogens is 377 g/mol. The molecule has 3 rings (SSSR count). The van der Waals surface area contributed by atoms with E-state index in [9.17, 15) is 14.4 Å². The van der Waals surface area contributed by atoms with Crippen LogP contribution in [0.3, 0.4) is 0 Å². The maximum Gasteiger partial charge on any atom is 0.310 e. The first kappa shape index (κ1) is 18.2. The highest BCUT2D eigenvalue weighted by molar-refractivity contribution is 6.36. The van der Waals surface area contributed by atoms with Gasteiger partial charge in [0.1, 0.15) is 6.04 Å². The van der Waals surface area contributed by atoms with Crippen molar-refractivity contribution in [1.82, 2.24) is 10.6 Å². The zero-order valence-corrected chi connectivity index (χ0v) is 15.3. The summed E-state index contributed by atoms with van der Waals surface area (Å²) < 4.78 is 0. The molecule has 8 heteroatoms. The molecular formula is C18H15Cl2N3O3. The van der Waals surface area contributed by atoms with Crippen LogP contribution in [0.5, 0.6) is 0 Å². The van der Waals surface area contributed by atoms with Crippen molar-refractivity contribution in [3.8, 4) is 0 Å². The maximum atomic E-state index is 12.3. The normalized spacial score (nSPS) is 15.6. The highest BCUT2D eigenvalue weighted by Crippen LogP contribution is 2.34. The van der Waals surface area contributed by atoms with Crippen LogP contribution in [0, 0.1) is 0 Å². The van der Waals surface area contributed by atoms with Gasteiger partial charge in [0, 0.05) is 34.9 Å². The summed E-state index contributed by atoms with van der Waals surface area (Å²) in [6.45, 7) is 0.0668. The van der Waals surface area contributed by atoms with Crippen LogP contribution in [0.2, 0.25) is 10.0 Å². The number of amides is 3. The van der Waals surface area contributed by atoms with Crippen molar-refractivity contribution in [3.05, 3.63) is 63.6 Å². The first-order chi connectivity index (χ1) is 12.4. The summed E-state index contributed by atoms with van der Waals surface area (Å²) in [6, 6.07) is 11.1. The van der Waals surface area contributed by atoms with Crippen molar-refractivity contribution in [1.29, 1.82) is 0 Å². The van der Waals surface area contributed by atoms with Crippen molar-refractivity contribution in [2.75, 3.05) is 11.9 Å². The van der Waals surface area contributed by atoms with Crippen molar-refractivity contribution in [2.24, 2.45) is 0 Å². The fourth-order valence-corrected chi connectivity index (χ4v) is 3.21. The molecule has 0 aromatic heterocycles. The second-order valence-electron chi connectivity index (χ2n) is 5.78. The van der Waals surface area contributed by atoms with E-state index in [0.29, 0.717) is 26.9 Å². The van der Waals surface area contributed by atoms with E-state index in [1.807, 2.05) is 0 Å². The fraction of sp³-hybridized carbons (Fsp3) is 0.167. The minimum Gasteiger partial charge on any atom is -0.344 e. The van der Waals surface area contributed by atoms with Crippen LogP contribution < -0.4 is 15.5 Å². The summed E-state index contributed by atoms with van der Waals surface area (Å²) in [5.41, 5.74) is 1.98. The summed E-state index contributed by atoms with van der Waals surface area (Å²) in [4.78, 5) is 38.0. The summed E-state index contributed by atoms with van der Waals surface area (Å²) in [6.07, 6.45) is 0. The van der Waals surface area contributed by atoms with Crippen molar-refractivity contribution in [2.45, 2.75) is 12.6 Å². The molecule has 134 valence electrons. The maximum absolute atomic E-state index is 12.3. The van der Waals surface area contributed by atoms with Crippen molar-refractivity contribution >= 4 is 46.6 Å². The molecule has 1 atom stereocenters. The summed E-state index contributed by atoms with van der Waals surface area (Å²) in [5, 5.41) is 5.82. The lowest BCUT2D eigenvalue weighted by molar-refractivity contribution is -0.140. The molecule has 1 heterocycles. The van der Waals surface area contributed by atoms with E-state index in [1.165, 1.54) is 4.90 Å². The molecule has 0 fully saturated rings. The van der Waals surface area contributed by atoms with Crippen LogP contribution in [0.4, 0.5) is 5.69 Å². The quantitative estimate of drug-likeness (QED) is 0.788. The van der Waals surface area contributed by atoms with Gasteiger partial charge in [-0.3, -0.25) is 14.4 Å².